The Kier molecular flexibility index (Phi) is 5.50. The molecule has 2 heterocycles. The second kappa shape index (κ2) is 8.75. The SMILES string of the molecule is COc1ccc(-c2nc3ccc(NC(=O)c4ccc(N5CCCCC5)cc4)cc3[nH]2)cc1. The number of H-pyrrole nitrogens is 1. The van der Waals surface area contributed by atoms with E-state index in [9.17, 15) is 4.79 Å². The van der Waals surface area contributed by atoms with Crippen molar-refractivity contribution < 1.29 is 9.53 Å². The molecule has 1 fully saturated rings. The molecule has 3 aromatic carbocycles. The van der Waals surface area contributed by atoms with Crippen LogP contribution in [0.1, 0.15) is 29.6 Å². The lowest BCUT2D eigenvalue weighted by Crippen LogP contribution is -2.29. The highest BCUT2D eigenvalue weighted by atomic mass is 16.5. The molecular formula is C26H26N4O2. The van der Waals surface area contributed by atoms with Gasteiger partial charge in [-0.15, -0.1) is 0 Å². The van der Waals surface area contributed by atoms with E-state index in [0.29, 0.717) is 5.56 Å². The molecule has 1 aliphatic rings. The Morgan fingerprint density at radius 3 is 2.44 bits per heavy atom. The molecular weight excluding hydrogens is 400 g/mol. The van der Waals surface area contributed by atoms with Gasteiger partial charge < -0.3 is 19.9 Å². The van der Waals surface area contributed by atoms with Crippen LogP contribution in [0.4, 0.5) is 11.4 Å². The highest BCUT2D eigenvalue weighted by Crippen LogP contribution is 2.25. The van der Waals surface area contributed by atoms with Crippen molar-refractivity contribution in [2.45, 2.75) is 19.3 Å². The van der Waals surface area contributed by atoms with Gasteiger partial charge in [0.1, 0.15) is 11.6 Å². The van der Waals surface area contributed by atoms with E-state index in [-0.39, 0.29) is 5.91 Å². The van der Waals surface area contributed by atoms with Crippen LogP contribution in [0.5, 0.6) is 5.75 Å². The van der Waals surface area contributed by atoms with E-state index in [0.717, 1.165) is 46.9 Å². The number of benzene rings is 3. The average Bonchev–Trinajstić information content (AvgIpc) is 3.28. The van der Waals surface area contributed by atoms with Crippen molar-refractivity contribution in [3.05, 3.63) is 72.3 Å². The molecule has 1 saturated heterocycles. The number of ether oxygens (including phenoxy) is 1. The van der Waals surface area contributed by atoms with E-state index >= 15 is 0 Å². The van der Waals surface area contributed by atoms with Crippen LogP contribution in [0.3, 0.4) is 0 Å². The Morgan fingerprint density at radius 1 is 0.969 bits per heavy atom. The Labute approximate surface area is 187 Å². The topological polar surface area (TPSA) is 70.2 Å². The summed E-state index contributed by atoms with van der Waals surface area (Å²) in [7, 11) is 1.65. The van der Waals surface area contributed by atoms with Gasteiger partial charge >= 0.3 is 0 Å². The standard InChI is InChI=1S/C26H26N4O2/c1-32-22-12-7-18(8-13-22)25-28-23-14-9-20(17-24(23)29-25)27-26(31)19-5-10-21(11-6-19)30-15-3-2-4-16-30/h5-14,17H,2-4,15-16H2,1H3,(H,27,31)(H,28,29). The van der Waals surface area contributed by atoms with E-state index in [1.165, 1.54) is 24.9 Å². The lowest BCUT2D eigenvalue weighted by molar-refractivity contribution is 0.102. The summed E-state index contributed by atoms with van der Waals surface area (Å²) in [5.41, 5.74) is 5.25. The normalized spacial score (nSPS) is 13.8. The fraction of sp³-hybridized carbons (Fsp3) is 0.231. The third-order valence-electron chi connectivity index (χ3n) is 5.95. The van der Waals surface area contributed by atoms with Gasteiger partial charge in [-0.1, -0.05) is 0 Å². The first-order valence-electron chi connectivity index (χ1n) is 11.0. The van der Waals surface area contributed by atoms with Crippen LogP contribution in [0.25, 0.3) is 22.4 Å². The molecule has 0 spiro atoms. The van der Waals surface area contributed by atoms with Crippen LogP contribution >= 0.6 is 0 Å². The second-order valence-corrected chi connectivity index (χ2v) is 8.09. The number of rotatable bonds is 5. The molecule has 0 aliphatic carbocycles. The number of amides is 1. The van der Waals surface area contributed by atoms with Gasteiger partial charge in [0.05, 0.1) is 18.1 Å². The molecule has 0 bridgehead atoms. The first-order valence-corrected chi connectivity index (χ1v) is 11.0. The molecule has 0 saturated carbocycles. The number of hydrogen-bond donors (Lipinski definition) is 2. The second-order valence-electron chi connectivity index (χ2n) is 8.09. The quantitative estimate of drug-likeness (QED) is 0.443. The van der Waals surface area contributed by atoms with Gasteiger partial charge in [0.2, 0.25) is 0 Å². The Hall–Kier alpha value is -3.80. The zero-order valence-corrected chi connectivity index (χ0v) is 18.1. The number of aromatic amines is 1. The molecule has 6 heteroatoms. The number of anilines is 2. The minimum atomic E-state index is -0.121. The van der Waals surface area contributed by atoms with Crippen LogP contribution in [0.15, 0.2) is 66.7 Å². The van der Waals surface area contributed by atoms with Gasteiger partial charge in [0.15, 0.2) is 0 Å². The summed E-state index contributed by atoms with van der Waals surface area (Å²) in [5, 5.41) is 3.00. The number of nitrogens with one attached hydrogen (secondary N) is 2. The molecule has 6 nitrogen and oxygen atoms in total. The summed E-state index contributed by atoms with van der Waals surface area (Å²) in [5.74, 6) is 1.46. The summed E-state index contributed by atoms with van der Waals surface area (Å²) in [6, 6.07) is 21.3. The minimum absolute atomic E-state index is 0.121. The predicted molar refractivity (Wildman–Crippen MR) is 129 cm³/mol. The molecule has 1 aliphatic heterocycles. The minimum Gasteiger partial charge on any atom is -0.497 e. The lowest BCUT2D eigenvalue weighted by Gasteiger charge is -2.28. The Balaban J connectivity index is 1.30. The largest absolute Gasteiger partial charge is 0.497 e. The zero-order chi connectivity index (χ0) is 21.9. The van der Waals surface area contributed by atoms with Gasteiger partial charge in [0, 0.05) is 35.6 Å². The van der Waals surface area contributed by atoms with Crippen molar-refractivity contribution in [2.24, 2.45) is 0 Å². The van der Waals surface area contributed by atoms with Crippen molar-refractivity contribution in [1.82, 2.24) is 9.97 Å². The van der Waals surface area contributed by atoms with Gasteiger partial charge in [-0.2, -0.15) is 0 Å². The summed E-state index contributed by atoms with van der Waals surface area (Å²) in [6.07, 6.45) is 3.77. The number of carbonyl (C=O) groups excluding carboxylic acids is 1. The Bertz CT molecular complexity index is 1220. The summed E-state index contributed by atoms with van der Waals surface area (Å²) in [4.78, 5) is 23.1. The van der Waals surface area contributed by atoms with Crippen LogP contribution < -0.4 is 15.0 Å². The monoisotopic (exact) mass is 426 g/mol. The fourth-order valence-electron chi connectivity index (χ4n) is 4.15. The van der Waals surface area contributed by atoms with E-state index in [1.807, 2.05) is 66.7 Å². The number of aromatic nitrogens is 2. The third-order valence-corrected chi connectivity index (χ3v) is 5.95. The number of methoxy groups -OCH3 is 1. The molecule has 5 rings (SSSR count). The van der Waals surface area contributed by atoms with Crippen molar-refractivity contribution in [1.29, 1.82) is 0 Å². The third kappa shape index (κ3) is 4.17. The lowest BCUT2D eigenvalue weighted by atomic mass is 10.1. The number of nitrogens with zero attached hydrogens (tertiary/aromatic N) is 2. The maximum Gasteiger partial charge on any atom is 0.255 e. The van der Waals surface area contributed by atoms with Gasteiger partial charge in [-0.25, -0.2) is 4.98 Å². The fourth-order valence-corrected chi connectivity index (χ4v) is 4.15. The van der Waals surface area contributed by atoms with Gasteiger partial charge in [-0.05, 0) is 86.0 Å². The first-order chi connectivity index (χ1) is 15.7. The van der Waals surface area contributed by atoms with Crippen molar-refractivity contribution in [3.8, 4) is 17.1 Å². The summed E-state index contributed by atoms with van der Waals surface area (Å²) < 4.78 is 5.22. The maximum absolute atomic E-state index is 12.8. The number of carbonyl (C=O) groups is 1. The zero-order valence-electron chi connectivity index (χ0n) is 18.1. The Morgan fingerprint density at radius 2 is 1.72 bits per heavy atom. The number of piperidine rings is 1. The molecule has 162 valence electrons. The molecule has 0 unspecified atom stereocenters. The molecule has 1 amide bonds. The summed E-state index contributed by atoms with van der Waals surface area (Å²) >= 11 is 0. The van der Waals surface area contributed by atoms with Gasteiger partial charge in [-0.3, -0.25) is 4.79 Å². The van der Waals surface area contributed by atoms with Gasteiger partial charge in [0.25, 0.3) is 5.91 Å². The van der Waals surface area contributed by atoms with Crippen molar-refractivity contribution in [2.75, 3.05) is 30.4 Å². The highest BCUT2D eigenvalue weighted by molar-refractivity contribution is 6.05. The van der Waals surface area contributed by atoms with Crippen LogP contribution in [-0.4, -0.2) is 36.1 Å². The number of imidazole rings is 1. The molecule has 1 aromatic heterocycles. The first kappa shape index (κ1) is 20.1. The highest BCUT2D eigenvalue weighted by Gasteiger charge is 2.13. The van der Waals surface area contributed by atoms with E-state index in [1.54, 1.807) is 7.11 Å². The predicted octanol–water partition coefficient (Wildman–Crippen LogP) is 5.48. The number of hydrogen-bond acceptors (Lipinski definition) is 4. The number of fused-ring (bicyclic) bond motifs is 1. The average molecular weight is 427 g/mol. The van der Waals surface area contributed by atoms with Crippen LogP contribution in [-0.2, 0) is 0 Å². The molecule has 2 N–H and O–H groups in total. The molecule has 4 aromatic rings. The van der Waals surface area contributed by atoms with E-state index in [2.05, 4.69) is 20.2 Å². The summed E-state index contributed by atoms with van der Waals surface area (Å²) in [6.45, 7) is 2.18. The molecule has 0 radical (unpaired) electrons. The van der Waals surface area contributed by atoms with Crippen LogP contribution in [0.2, 0.25) is 0 Å². The van der Waals surface area contributed by atoms with Crippen LogP contribution in [0, 0.1) is 0 Å². The smallest absolute Gasteiger partial charge is 0.255 e. The van der Waals surface area contributed by atoms with Crippen molar-refractivity contribution >= 4 is 28.3 Å². The van der Waals surface area contributed by atoms with E-state index in [4.69, 9.17) is 4.74 Å². The molecule has 32 heavy (non-hydrogen) atoms. The van der Waals surface area contributed by atoms with E-state index < -0.39 is 0 Å². The maximum atomic E-state index is 12.8. The molecule has 0 atom stereocenters. The van der Waals surface area contributed by atoms with Crippen molar-refractivity contribution in [3.63, 3.8) is 0 Å².